The average Bonchev–Trinajstić information content (AvgIpc) is 2.79. The quantitative estimate of drug-likeness (QED) is 0.308. The van der Waals surface area contributed by atoms with Crippen molar-refractivity contribution in [2.24, 2.45) is 0 Å². The lowest BCUT2D eigenvalue weighted by molar-refractivity contribution is 0.866. The van der Waals surface area contributed by atoms with Crippen LogP contribution in [-0.4, -0.2) is 26.2 Å². The third-order valence-electron chi connectivity index (χ3n) is 5.62. The number of nitrogens with zero attached hydrogens (tertiary/aromatic N) is 3. The molecule has 3 aromatic rings. The largest absolute Gasteiger partial charge is 0.372 e. The van der Waals surface area contributed by atoms with E-state index in [1.165, 1.54) is 11.4 Å². The summed E-state index contributed by atoms with van der Waals surface area (Å²) in [5, 5.41) is 1.25. The predicted octanol–water partition coefficient (Wildman–Crippen LogP) is 8.79. The van der Waals surface area contributed by atoms with Gasteiger partial charge in [0.1, 0.15) is 0 Å². The van der Waals surface area contributed by atoms with Crippen LogP contribution in [0.3, 0.4) is 0 Å². The van der Waals surface area contributed by atoms with E-state index in [-0.39, 0.29) is 7.43 Å². The van der Waals surface area contributed by atoms with Gasteiger partial charge < -0.3 is 14.7 Å². The molecule has 0 spiro atoms. The van der Waals surface area contributed by atoms with Gasteiger partial charge in [0.05, 0.1) is 10.7 Å². The Balaban J connectivity index is 0.00000363. The van der Waals surface area contributed by atoms with Crippen molar-refractivity contribution in [3.05, 3.63) is 76.8 Å². The molecular formula is C27H35Cl2N3. The third-order valence-corrected chi connectivity index (χ3v) is 6.16. The Morgan fingerprint density at radius 2 is 0.938 bits per heavy atom. The smallest absolute Gasteiger partial charge is 0.0661 e. The summed E-state index contributed by atoms with van der Waals surface area (Å²) in [4.78, 5) is 6.85. The van der Waals surface area contributed by atoms with Crippen molar-refractivity contribution in [3.8, 4) is 0 Å². The summed E-state index contributed by atoms with van der Waals surface area (Å²) in [6.45, 7) is 12.6. The first kappa shape index (κ1) is 25.9. The van der Waals surface area contributed by atoms with Gasteiger partial charge in [0.2, 0.25) is 0 Å². The highest BCUT2D eigenvalue weighted by Crippen LogP contribution is 2.40. The highest BCUT2D eigenvalue weighted by Gasteiger charge is 2.17. The van der Waals surface area contributed by atoms with Crippen molar-refractivity contribution in [2.45, 2.75) is 35.1 Å². The van der Waals surface area contributed by atoms with E-state index in [0.717, 1.165) is 43.2 Å². The Kier molecular flexibility index (Phi) is 9.74. The minimum absolute atomic E-state index is 0. The molecule has 0 saturated heterocycles. The van der Waals surface area contributed by atoms with E-state index in [0.29, 0.717) is 10.0 Å². The Labute approximate surface area is 204 Å². The average molecular weight is 473 g/mol. The summed E-state index contributed by atoms with van der Waals surface area (Å²) < 4.78 is 0. The van der Waals surface area contributed by atoms with Crippen molar-refractivity contribution in [3.63, 3.8) is 0 Å². The molecule has 0 aromatic heterocycles. The van der Waals surface area contributed by atoms with Crippen molar-refractivity contribution in [1.82, 2.24) is 0 Å². The zero-order valence-corrected chi connectivity index (χ0v) is 20.3. The standard InChI is InChI=1S/C26H31Cl2N3.CH4/c1-5-29(6-2)21-10-14-23(15-11-21)31(26-18-9-20(27)19-25(26)28)24-16-12-22(13-17-24)30(7-3)8-4;/h9-19H,5-8H2,1-4H3;1H4. The normalized spacial score (nSPS) is 10.4. The molecule has 0 radical (unpaired) electrons. The zero-order chi connectivity index (χ0) is 22.4. The van der Waals surface area contributed by atoms with E-state index in [2.05, 4.69) is 90.9 Å². The van der Waals surface area contributed by atoms with Gasteiger partial charge in [-0.25, -0.2) is 0 Å². The molecule has 0 unspecified atom stereocenters. The van der Waals surface area contributed by atoms with E-state index in [1.54, 1.807) is 6.07 Å². The second kappa shape index (κ2) is 12.0. The Bertz CT molecular complexity index is 908. The first-order valence-corrected chi connectivity index (χ1v) is 11.7. The molecule has 0 aliphatic carbocycles. The van der Waals surface area contributed by atoms with Crippen molar-refractivity contribution >= 4 is 51.6 Å². The first-order chi connectivity index (χ1) is 15.0. The molecule has 0 aliphatic rings. The molecule has 5 heteroatoms. The molecule has 0 aliphatic heterocycles. The summed E-state index contributed by atoms with van der Waals surface area (Å²) >= 11 is 12.8. The van der Waals surface area contributed by atoms with Crippen molar-refractivity contribution < 1.29 is 0 Å². The van der Waals surface area contributed by atoms with Crippen molar-refractivity contribution in [1.29, 1.82) is 0 Å². The second-order valence-corrected chi connectivity index (χ2v) is 8.15. The lowest BCUT2D eigenvalue weighted by atomic mass is 10.1. The van der Waals surface area contributed by atoms with E-state index in [4.69, 9.17) is 23.2 Å². The minimum atomic E-state index is 0. The number of anilines is 5. The van der Waals surface area contributed by atoms with E-state index in [1.807, 2.05) is 12.1 Å². The molecule has 0 fully saturated rings. The summed E-state index contributed by atoms with van der Waals surface area (Å²) in [7, 11) is 0. The number of hydrogen-bond acceptors (Lipinski definition) is 3. The molecule has 0 saturated carbocycles. The van der Waals surface area contributed by atoms with Gasteiger partial charge in [0.25, 0.3) is 0 Å². The lowest BCUT2D eigenvalue weighted by Gasteiger charge is -2.28. The lowest BCUT2D eigenvalue weighted by Crippen LogP contribution is -2.22. The van der Waals surface area contributed by atoms with Crippen LogP contribution in [0.15, 0.2) is 66.7 Å². The van der Waals surface area contributed by atoms with E-state index < -0.39 is 0 Å². The molecule has 32 heavy (non-hydrogen) atoms. The SMILES string of the molecule is C.CCN(CC)c1ccc(N(c2ccc(N(CC)CC)cc2)c2ccc(Cl)cc2Cl)cc1. The van der Waals surface area contributed by atoms with Crippen LogP contribution in [0.4, 0.5) is 28.4 Å². The van der Waals surface area contributed by atoms with Gasteiger partial charge in [-0.1, -0.05) is 30.6 Å². The van der Waals surface area contributed by atoms with Gasteiger partial charge in [0, 0.05) is 54.0 Å². The van der Waals surface area contributed by atoms with Crippen LogP contribution in [0, 0.1) is 0 Å². The predicted molar refractivity (Wildman–Crippen MR) is 145 cm³/mol. The summed E-state index contributed by atoms with van der Waals surface area (Å²) in [6, 6.07) is 22.9. The van der Waals surface area contributed by atoms with Gasteiger partial charge in [0.15, 0.2) is 0 Å². The molecule has 0 amide bonds. The van der Waals surface area contributed by atoms with E-state index in [9.17, 15) is 0 Å². The van der Waals surface area contributed by atoms with Crippen LogP contribution in [0.1, 0.15) is 35.1 Å². The summed E-state index contributed by atoms with van der Waals surface area (Å²) in [5.74, 6) is 0. The highest BCUT2D eigenvalue weighted by atomic mass is 35.5. The summed E-state index contributed by atoms with van der Waals surface area (Å²) in [6.07, 6.45) is 0. The van der Waals surface area contributed by atoms with Crippen LogP contribution in [-0.2, 0) is 0 Å². The number of hydrogen-bond donors (Lipinski definition) is 0. The molecule has 0 bridgehead atoms. The minimum Gasteiger partial charge on any atom is -0.372 e. The first-order valence-electron chi connectivity index (χ1n) is 11.0. The Morgan fingerprint density at radius 3 is 1.28 bits per heavy atom. The van der Waals surface area contributed by atoms with Gasteiger partial charge in [-0.05, 0) is 94.4 Å². The number of rotatable bonds is 9. The molecular weight excluding hydrogens is 437 g/mol. The van der Waals surface area contributed by atoms with Gasteiger partial charge in [-0.15, -0.1) is 0 Å². The Hall–Kier alpha value is -2.36. The van der Waals surface area contributed by atoms with Crippen LogP contribution >= 0.6 is 23.2 Å². The molecule has 0 heterocycles. The highest BCUT2D eigenvalue weighted by molar-refractivity contribution is 6.36. The maximum Gasteiger partial charge on any atom is 0.0661 e. The maximum atomic E-state index is 6.63. The number of benzene rings is 3. The topological polar surface area (TPSA) is 9.72 Å². The molecule has 0 N–H and O–H groups in total. The van der Waals surface area contributed by atoms with Gasteiger partial charge in [-0.2, -0.15) is 0 Å². The van der Waals surface area contributed by atoms with Crippen LogP contribution in [0.2, 0.25) is 10.0 Å². The molecule has 3 rings (SSSR count). The second-order valence-electron chi connectivity index (χ2n) is 7.31. The number of halogens is 2. The fourth-order valence-electron chi connectivity index (χ4n) is 3.89. The fourth-order valence-corrected chi connectivity index (χ4v) is 4.39. The molecule has 3 aromatic carbocycles. The molecule has 3 nitrogen and oxygen atoms in total. The molecule has 0 atom stereocenters. The van der Waals surface area contributed by atoms with Gasteiger partial charge >= 0.3 is 0 Å². The van der Waals surface area contributed by atoms with E-state index >= 15 is 0 Å². The van der Waals surface area contributed by atoms with Gasteiger partial charge in [-0.3, -0.25) is 0 Å². The molecule has 172 valence electrons. The third kappa shape index (κ3) is 5.70. The Morgan fingerprint density at radius 1 is 0.562 bits per heavy atom. The van der Waals surface area contributed by atoms with Crippen LogP contribution < -0.4 is 14.7 Å². The fraction of sp³-hybridized carbons (Fsp3) is 0.333. The van der Waals surface area contributed by atoms with Crippen LogP contribution in [0.25, 0.3) is 0 Å². The monoisotopic (exact) mass is 471 g/mol. The maximum absolute atomic E-state index is 6.63. The zero-order valence-electron chi connectivity index (χ0n) is 18.8. The van der Waals surface area contributed by atoms with Crippen molar-refractivity contribution in [2.75, 3.05) is 40.9 Å². The summed E-state index contributed by atoms with van der Waals surface area (Å²) in [5.41, 5.74) is 5.43. The van der Waals surface area contributed by atoms with Crippen LogP contribution in [0.5, 0.6) is 0 Å².